The molecule has 0 amide bonds. The van der Waals surface area contributed by atoms with Crippen molar-refractivity contribution in [2.24, 2.45) is 0 Å². The van der Waals surface area contributed by atoms with Gasteiger partial charge < -0.3 is 9.64 Å². The fraction of sp³-hybridized carbons (Fsp3) is 0.375. The molecule has 0 fully saturated rings. The summed E-state index contributed by atoms with van der Waals surface area (Å²) in [6.45, 7) is 2.18. The van der Waals surface area contributed by atoms with E-state index in [1.165, 1.54) is 11.3 Å². The lowest BCUT2D eigenvalue weighted by molar-refractivity contribution is 0.298. The first-order valence-corrected chi connectivity index (χ1v) is 9.50. The standard InChI is InChI=1S/C16H22N2O3S2/c1-12-8-9-16(22-12)23(19,20)17-11-15(18(2)3)13-6-5-7-14(10-13)21-4/h5-10,15,17H,11H2,1-4H3. The van der Waals surface area contributed by atoms with Gasteiger partial charge >= 0.3 is 0 Å². The molecule has 0 radical (unpaired) electrons. The van der Waals surface area contributed by atoms with Gasteiger partial charge in [-0.05, 0) is 50.8 Å². The third-order valence-electron chi connectivity index (χ3n) is 3.55. The molecule has 7 heteroatoms. The molecule has 0 aliphatic heterocycles. The number of hydrogen-bond acceptors (Lipinski definition) is 5. The molecule has 1 atom stereocenters. The number of likely N-dealkylation sites (N-methyl/N-ethyl adjacent to an activating group) is 1. The molecular formula is C16H22N2O3S2. The lowest BCUT2D eigenvalue weighted by Gasteiger charge is -2.25. The molecule has 1 heterocycles. The third kappa shape index (κ3) is 4.54. The number of hydrogen-bond donors (Lipinski definition) is 1. The van der Waals surface area contributed by atoms with Crippen molar-refractivity contribution in [2.45, 2.75) is 17.2 Å². The zero-order valence-electron chi connectivity index (χ0n) is 13.7. The van der Waals surface area contributed by atoms with Crippen molar-refractivity contribution in [3.63, 3.8) is 0 Å². The SMILES string of the molecule is COc1cccc(C(CNS(=O)(=O)c2ccc(C)s2)N(C)C)c1. The van der Waals surface area contributed by atoms with Crippen molar-refractivity contribution in [3.8, 4) is 5.75 Å². The molecule has 2 rings (SSSR count). The van der Waals surface area contributed by atoms with Gasteiger partial charge in [0.25, 0.3) is 0 Å². The van der Waals surface area contributed by atoms with Crippen molar-refractivity contribution < 1.29 is 13.2 Å². The Kier molecular flexibility index (Phi) is 5.80. The topological polar surface area (TPSA) is 58.6 Å². The second-order valence-corrected chi connectivity index (χ2v) is 8.75. The molecule has 0 aliphatic rings. The van der Waals surface area contributed by atoms with Gasteiger partial charge in [0.15, 0.2) is 0 Å². The summed E-state index contributed by atoms with van der Waals surface area (Å²) in [5, 5.41) is 0. The minimum Gasteiger partial charge on any atom is -0.497 e. The number of methoxy groups -OCH3 is 1. The van der Waals surface area contributed by atoms with Crippen LogP contribution < -0.4 is 9.46 Å². The van der Waals surface area contributed by atoms with E-state index in [1.54, 1.807) is 13.2 Å². The molecule has 0 bridgehead atoms. The van der Waals surface area contributed by atoms with Crippen molar-refractivity contribution in [3.05, 3.63) is 46.8 Å². The quantitative estimate of drug-likeness (QED) is 0.830. The van der Waals surface area contributed by atoms with Crippen LogP contribution in [0, 0.1) is 6.92 Å². The van der Waals surface area contributed by atoms with E-state index >= 15 is 0 Å². The molecule has 1 N–H and O–H groups in total. The maximum atomic E-state index is 12.4. The average Bonchev–Trinajstić information content (AvgIpc) is 2.95. The van der Waals surface area contributed by atoms with Gasteiger partial charge in [0.2, 0.25) is 10.0 Å². The first kappa shape index (κ1) is 17.9. The molecule has 23 heavy (non-hydrogen) atoms. The number of rotatable bonds is 7. The Balaban J connectivity index is 2.17. The van der Waals surface area contributed by atoms with Crippen molar-refractivity contribution in [1.82, 2.24) is 9.62 Å². The number of benzene rings is 1. The summed E-state index contributed by atoms with van der Waals surface area (Å²) in [6.07, 6.45) is 0. The van der Waals surface area contributed by atoms with Gasteiger partial charge in [-0.15, -0.1) is 11.3 Å². The van der Waals surface area contributed by atoms with E-state index in [1.807, 2.05) is 56.3 Å². The van der Waals surface area contributed by atoms with Crippen LogP contribution in [0.2, 0.25) is 0 Å². The van der Waals surface area contributed by atoms with E-state index < -0.39 is 10.0 Å². The van der Waals surface area contributed by atoms with Gasteiger partial charge in [-0.3, -0.25) is 0 Å². The first-order chi connectivity index (χ1) is 10.8. The highest BCUT2D eigenvalue weighted by Crippen LogP contribution is 2.24. The van der Waals surface area contributed by atoms with Gasteiger partial charge in [-0.25, -0.2) is 13.1 Å². The second kappa shape index (κ2) is 7.44. The Labute approximate surface area is 142 Å². The average molecular weight is 354 g/mol. The lowest BCUT2D eigenvalue weighted by atomic mass is 10.1. The molecule has 0 saturated carbocycles. The molecule has 0 saturated heterocycles. The highest BCUT2D eigenvalue weighted by molar-refractivity contribution is 7.91. The Hall–Kier alpha value is -1.41. The number of thiophene rings is 1. The molecule has 0 aliphatic carbocycles. The fourth-order valence-electron chi connectivity index (χ4n) is 2.26. The molecule has 1 unspecified atom stereocenters. The Bertz CT molecular complexity index is 754. The summed E-state index contributed by atoms with van der Waals surface area (Å²) in [5.41, 5.74) is 0.999. The van der Waals surface area contributed by atoms with E-state index in [0.29, 0.717) is 10.8 Å². The molecule has 1 aromatic heterocycles. The third-order valence-corrected chi connectivity index (χ3v) is 6.47. The fourth-order valence-corrected chi connectivity index (χ4v) is 4.63. The van der Waals surface area contributed by atoms with Crippen molar-refractivity contribution >= 4 is 21.4 Å². The van der Waals surface area contributed by atoms with E-state index in [-0.39, 0.29) is 6.04 Å². The predicted octanol–water partition coefficient (Wildman–Crippen LogP) is 2.65. The van der Waals surface area contributed by atoms with Gasteiger partial charge in [0.05, 0.1) is 7.11 Å². The summed E-state index contributed by atoms with van der Waals surface area (Å²) < 4.78 is 33.1. The van der Waals surface area contributed by atoms with Gasteiger partial charge in [-0.1, -0.05) is 12.1 Å². The van der Waals surface area contributed by atoms with Crippen LogP contribution in [-0.4, -0.2) is 41.1 Å². The van der Waals surface area contributed by atoms with Crippen LogP contribution in [0.5, 0.6) is 5.75 Å². The summed E-state index contributed by atoms with van der Waals surface area (Å²) in [4.78, 5) is 2.96. The highest BCUT2D eigenvalue weighted by atomic mass is 32.2. The van der Waals surface area contributed by atoms with Crippen LogP contribution in [0.25, 0.3) is 0 Å². The summed E-state index contributed by atoms with van der Waals surface area (Å²) in [7, 11) is 1.98. The van der Waals surface area contributed by atoms with Crippen LogP contribution >= 0.6 is 11.3 Å². The highest BCUT2D eigenvalue weighted by Gasteiger charge is 2.21. The molecule has 2 aromatic rings. The minimum absolute atomic E-state index is 0.0825. The van der Waals surface area contributed by atoms with Gasteiger partial charge in [-0.2, -0.15) is 0 Å². The summed E-state index contributed by atoms with van der Waals surface area (Å²) in [6, 6.07) is 11.0. The van der Waals surface area contributed by atoms with E-state index in [2.05, 4.69) is 4.72 Å². The van der Waals surface area contributed by atoms with E-state index in [4.69, 9.17) is 4.74 Å². The number of nitrogens with zero attached hydrogens (tertiary/aromatic N) is 1. The minimum atomic E-state index is -3.48. The largest absolute Gasteiger partial charge is 0.497 e. The van der Waals surface area contributed by atoms with Crippen molar-refractivity contribution in [2.75, 3.05) is 27.7 Å². The molecular weight excluding hydrogens is 332 g/mol. The zero-order valence-corrected chi connectivity index (χ0v) is 15.4. The normalized spacial score (nSPS) is 13.3. The number of sulfonamides is 1. The Morgan fingerprint density at radius 2 is 2.00 bits per heavy atom. The van der Waals surface area contributed by atoms with Crippen molar-refractivity contribution in [1.29, 1.82) is 0 Å². The van der Waals surface area contributed by atoms with Crippen LogP contribution in [0.3, 0.4) is 0 Å². The summed E-state index contributed by atoms with van der Waals surface area (Å²) >= 11 is 1.27. The second-order valence-electron chi connectivity index (χ2n) is 5.47. The Morgan fingerprint density at radius 3 is 2.57 bits per heavy atom. The lowest BCUT2D eigenvalue weighted by Crippen LogP contribution is -2.34. The van der Waals surface area contributed by atoms with Gasteiger partial charge in [0.1, 0.15) is 9.96 Å². The monoisotopic (exact) mass is 354 g/mol. The smallest absolute Gasteiger partial charge is 0.250 e. The van der Waals surface area contributed by atoms with Crippen LogP contribution in [0.1, 0.15) is 16.5 Å². The number of aryl methyl sites for hydroxylation is 1. The predicted molar refractivity (Wildman–Crippen MR) is 93.7 cm³/mol. The van der Waals surface area contributed by atoms with Crippen LogP contribution in [0.4, 0.5) is 0 Å². The Morgan fingerprint density at radius 1 is 1.26 bits per heavy atom. The maximum Gasteiger partial charge on any atom is 0.250 e. The molecule has 0 spiro atoms. The van der Waals surface area contributed by atoms with Gasteiger partial charge in [0, 0.05) is 17.5 Å². The first-order valence-electron chi connectivity index (χ1n) is 7.20. The molecule has 1 aromatic carbocycles. The van der Waals surface area contributed by atoms with E-state index in [9.17, 15) is 8.42 Å². The number of ether oxygens (including phenoxy) is 1. The molecule has 126 valence electrons. The molecule has 5 nitrogen and oxygen atoms in total. The van der Waals surface area contributed by atoms with Crippen LogP contribution in [-0.2, 0) is 10.0 Å². The maximum absolute atomic E-state index is 12.4. The number of nitrogens with one attached hydrogen (secondary N) is 1. The zero-order chi connectivity index (χ0) is 17.0. The summed E-state index contributed by atoms with van der Waals surface area (Å²) in [5.74, 6) is 0.756. The van der Waals surface area contributed by atoms with E-state index in [0.717, 1.165) is 16.2 Å². The van der Waals surface area contributed by atoms with Crippen LogP contribution in [0.15, 0.2) is 40.6 Å².